The van der Waals surface area contributed by atoms with Crippen LogP contribution in [0.25, 0.3) is 0 Å². The Bertz CT molecular complexity index is 139. The van der Waals surface area contributed by atoms with Gasteiger partial charge in [0.2, 0.25) is 0 Å². The van der Waals surface area contributed by atoms with Gasteiger partial charge in [-0.05, 0) is 19.3 Å². The van der Waals surface area contributed by atoms with Crippen molar-refractivity contribution in [2.45, 2.75) is 32.2 Å². The SMILES string of the molecule is CC(CC1CC1)N1CCSCC1. The minimum atomic E-state index is 0.860. The fourth-order valence-corrected chi connectivity index (χ4v) is 2.93. The van der Waals surface area contributed by atoms with E-state index in [4.69, 9.17) is 0 Å². The summed E-state index contributed by atoms with van der Waals surface area (Å²) in [6.07, 6.45) is 4.48. The van der Waals surface area contributed by atoms with Gasteiger partial charge in [-0.3, -0.25) is 4.90 Å². The number of hydrogen-bond donors (Lipinski definition) is 0. The lowest BCUT2D eigenvalue weighted by atomic mass is 10.1. The Morgan fingerprint density at radius 1 is 1.33 bits per heavy atom. The quantitative estimate of drug-likeness (QED) is 0.663. The van der Waals surface area contributed by atoms with Gasteiger partial charge in [-0.15, -0.1) is 0 Å². The fourth-order valence-electron chi connectivity index (χ4n) is 2.00. The van der Waals surface area contributed by atoms with E-state index >= 15 is 0 Å². The molecule has 1 saturated carbocycles. The van der Waals surface area contributed by atoms with Crippen molar-refractivity contribution in [3.8, 4) is 0 Å². The minimum Gasteiger partial charge on any atom is -0.299 e. The molecule has 2 rings (SSSR count). The summed E-state index contributed by atoms with van der Waals surface area (Å²) in [6.45, 7) is 5.07. The van der Waals surface area contributed by atoms with Gasteiger partial charge in [0.05, 0.1) is 0 Å². The molecule has 1 saturated heterocycles. The second-order valence-corrected chi connectivity index (χ2v) is 5.40. The van der Waals surface area contributed by atoms with E-state index < -0.39 is 0 Å². The molecular formula is C10H19NS. The second-order valence-electron chi connectivity index (χ2n) is 4.18. The molecule has 2 fully saturated rings. The van der Waals surface area contributed by atoms with E-state index in [0.29, 0.717) is 0 Å². The highest BCUT2D eigenvalue weighted by molar-refractivity contribution is 7.99. The summed E-state index contributed by atoms with van der Waals surface area (Å²) in [5.74, 6) is 3.80. The third-order valence-electron chi connectivity index (χ3n) is 3.04. The van der Waals surface area contributed by atoms with Gasteiger partial charge in [0.15, 0.2) is 0 Å². The summed E-state index contributed by atoms with van der Waals surface area (Å²) < 4.78 is 0. The van der Waals surface area contributed by atoms with E-state index in [0.717, 1.165) is 12.0 Å². The normalized spacial score (nSPS) is 28.8. The van der Waals surface area contributed by atoms with Crippen molar-refractivity contribution in [3.63, 3.8) is 0 Å². The van der Waals surface area contributed by atoms with Crippen LogP contribution >= 0.6 is 11.8 Å². The van der Waals surface area contributed by atoms with Crippen LogP contribution in [0.1, 0.15) is 26.2 Å². The minimum absolute atomic E-state index is 0.860. The van der Waals surface area contributed by atoms with Crippen molar-refractivity contribution in [1.29, 1.82) is 0 Å². The van der Waals surface area contributed by atoms with Gasteiger partial charge in [0.25, 0.3) is 0 Å². The van der Waals surface area contributed by atoms with Crippen molar-refractivity contribution in [1.82, 2.24) is 4.90 Å². The van der Waals surface area contributed by atoms with Crippen LogP contribution < -0.4 is 0 Å². The first-order valence-corrected chi connectivity index (χ1v) is 6.33. The van der Waals surface area contributed by atoms with Gasteiger partial charge in [0, 0.05) is 30.6 Å². The number of thioether (sulfide) groups is 1. The van der Waals surface area contributed by atoms with E-state index in [9.17, 15) is 0 Å². The van der Waals surface area contributed by atoms with Gasteiger partial charge in [-0.1, -0.05) is 12.8 Å². The molecule has 0 amide bonds. The molecule has 2 aliphatic rings. The first-order valence-electron chi connectivity index (χ1n) is 5.18. The molecule has 2 heteroatoms. The van der Waals surface area contributed by atoms with Gasteiger partial charge in [-0.25, -0.2) is 0 Å². The highest BCUT2D eigenvalue weighted by Gasteiger charge is 2.26. The van der Waals surface area contributed by atoms with E-state index in [1.54, 1.807) is 0 Å². The summed E-state index contributed by atoms with van der Waals surface area (Å²) in [7, 11) is 0. The molecule has 1 nitrogen and oxygen atoms in total. The maximum absolute atomic E-state index is 2.68. The molecule has 1 heterocycles. The molecule has 0 aromatic rings. The Morgan fingerprint density at radius 2 is 2.00 bits per heavy atom. The van der Waals surface area contributed by atoms with Crippen molar-refractivity contribution in [2.24, 2.45) is 5.92 Å². The third kappa shape index (κ3) is 2.40. The molecule has 0 bridgehead atoms. The molecule has 0 aromatic heterocycles. The van der Waals surface area contributed by atoms with Crippen molar-refractivity contribution >= 4 is 11.8 Å². The van der Waals surface area contributed by atoms with Crippen molar-refractivity contribution in [2.75, 3.05) is 24.6 Å². The summed E-state index contributed by atoms with van der Waals surface area (Å²) in [5, 5.41) is 0. The average molecular weight is 185 g/mol. The zero-order valence-corrected chi connectivity index (χ0v) is 8.78. The molecule has 0 radical (unpaired) electrons. The second kappa shape index (κ2) is 4.01. The topological polar surface area (TPSA) is 3.24 Å². The molecule has 0 aromatic carbocycles. The van der Waals surface area contributed by atoms with Crippen LogP contribution in [0.3, 0.4) is 0 Å². The lowest BCUT2D eigenvalue weighted by molar-refractivity contribution is 0.214. The first-order chi connectivity index (χ1) is 5.86. The van der Waals surface area contributed by atoms with E-state index in [1.165, 1.54) is 43.9 Å². The smallest absolute Gasteiger partial charge is 0.00755 e. The number of nitrogens with zero attached hydrogens (tertiary/aromatic N) is 1. The zero-order valence-electron chi connectivity index (χ0n) is 7.96. The van der Waals surface area contributed by atoms with Crippen molar-refractivity contribution in [3.05, 3.63) is 0 Å². The third-order valence-corrected chi connectivity index (χ3v) is 3.98. The summed E-state index contributed by atoms with van der Waals surface area (Å²) >= 11 is 2.11. The maximum Gasteiger partial charge on any atom is 0.00755 e. The molecule has 1 aliphatic heterocycles. The molecular weight excluding hydrogens is 166 g/mol. The molecule has 12 heavy (non-hydrogen) atoms. The van der Waals surface area contributed by atoms with Crippen LogP contribution in [-0.4, -0.2) is 35.5 Å². The summed E-state index contributed by atoms with van der Waals surface area (Å²) in [5.41, 5.74) is 0. The molecule has 1 unspecified atom stereocenters. The predicted octanol–water partition coefficient (Wildman–Crippen LogP) is 2.22. The van der Waals surface area contributed by atoms with Gasteiger partial charge < -0.3 is 0 Å². The Balaban J connectivity index is 1.72. The van der Waals surface area contributed by atoms with Crippen LogP contribution in [0.4, 0.5) is 0 Å². The Kier molecular flexibility index (Phi) is 2.97. The van der Waals surface area contributed by atoms with Crippen LogP contribution in [-0.2, 0) is 0 Å². The largest absolute Gasteiger partial charge is 0.299 e. The predicted molar refractivity (Wildman–Crippen MR) is 55.7 cm³/mol. The lowest BCUT2D eigenvalue weighted by Gasteiger charge is -2.32. The van der Waals surface area contributed by atoms with Crippen molar-refractivity contribution < 1.29 is 0 Å². The Hall–Kier alpha value is 0.310. The standard InChI is InChI=1S/C10H19NS/c1-9(8-10-2-3-10)11-4-6-12-7-5-11/h9-10H,2-8H2,1H3. The van der Waals surface area contributed by atoms with E-state index in [2.05, 4.69) is 23.6 Å². The highest BCUT2D eigenvalue weighted by atomic mass is 32.2. The summed E-state index contributed by atoms with van der Waals surface area (Å²) in [6, 6.07) is 0.860. The average Bonchev–Trinajstić information content (AvgIpc) is 2.90. The fraction of sp³-hybridized carbons (Fsp3) is 1.00. The van der Waals surface area contributed by atoms with Gasteiger partial charge in [-0.2, -0.15) is 11.8 Å². The summed E-state index contributed by atoms with van der Waals surface area (Å²) in [4.78, 5) is 2.68. The van der Waals surface area contributed by atoms with E-state index in [-0.39, 0.29) is 0 Å². The molecule has 1 aliphatic carbocycles. The number of rotatable bonds is 3. The number of hydrogen-bond acceptors (Lipinski definition) is 2. The Morgan fingerprint density at radius 3 is 2.58 bits per heavy atom. The lowest BCUT2D eigenvalue weighted by Crippen LogP contribution is -2.39. The Labute approximate surface area is 79.9 Å². The molecule has 70 valence electrons. The van der Waals surface area contributed by atoms with E-state index in [1.807, 2.05) is 0 Å². The zero-order chi connectivity index (χ0) is 8.39. The maximum atomic E-state index is 2.68. The monoisotopic (exact) mass is 185 g/mol. The van der Waals surface area contributed by atoms with Gasteiger partial charge >= 0.3 is 0 Å². The van der Waals surface area contributed by atoms with Crippen LogP contribution in [0.5, 0.6) is 0 Å². The molecule has 0 spiro atoms. The molecule has 1 atom stereocenters. The van der Waals surface area contributed by atoms with Crippen LogP contribution in [0.15, 0.2) is 0 Å². The van der Waals surface area contributed by atoms with Gasteiger partial charge in [0.1, 0.15) is 0 Å². The first kappa shape index (κ1) is 8.89. The van der Waals surface area contributed by atoms with Crippen LogP contribution in [0, 0.1) is 5.92 Å². The molecule has 0 N–H and O–H groups in total. The van der Waals surface area contributed by atoms with Crippen LogP contribution in [0.2, 0.25) is 0 Å². The highest BCUT2D eigenvalue weighted by Crippen LogP contribution is 2.34.